The fourth-order valence-corrected chi connectivity index (χ4v) is 4.63. The lowest BCUT2D eigenvalue weighted by Gasteiger charge is -2.34. The van der Waals surface area contributed by atoms with Gasteiger partial charge in [0.15, 0.2) is 0 Å². The van der Waals surface area contributed by atoms with E-state index in [0.29, 0.717) is 31.9 Å². The van der Waals surface area contributed by atoms with Crippen molar-refractivity contribution in [3.8, 4) is 5.75 Å². The standard InChI is InChI=1S/C25H29F3N4O3/c1-35-22-13-20(31-10-8-18(9-11-31)25(26,27)28)6-7-21(22)30-19-4-2-16(3-5-19)14-32-15-17(24(29)34)12-23(32)33/h2-7,13,17-18,30H,8-12,14-15H2,1H3,(H2,29,34). The molecule has 1 unspecified atom stereocenters. The molecule has 0 aromatic heterocycles. The van der Waals surface area contributed by atoms with Crippen molar-refractivity contribution in [2.45, 2.75) is 32.0 Å². The summed E-state index contributed by atoms with van der Waals surface area (Å²) in [5.41, 5.74) is 8.62. The molecule has 0 aliphatic carbocycles. The van der Waals surface area contributed by atoms with Crippen LogP contribution in [0.3, 0.4) is 0 Å². The van der Waals surface area contributed by atoms with Gasteiger partial charge >= 0.3 is 6.18 Å². The van der Waals surface area contributed by atoms with Crippen molar-refractivity contribution in [3.63, 3.8) is 0 Å². The lowest BCUT2D eigenvalue weighted by Crippen LogP contribution is -2.39. The molecule has 4 rings (SSSR count). The first kappa shape index (κ1) is 24.7. The first-order chi connectivity index (χ1) is 16.6. The summed E-state index contributed by atoms with van der Waals surface area (Å²) in [7, 11) is 1.55. The summed E-state index contributed by atoms with van der Waals surface area (Å²) < 4.78 is 44.4. The zero-order valence-corrected chi connectivity index (χ0v) is 19.5. The second kappa shape index (κ2) is 10.1. The number of nitrogens with one attached hydrogen (secondary N) is 1. The Morgan fingerprint density at radius 3 is 2.40 bits per heavy atom. The molecule has 0 spiro atoms. The van der Waals surface area contributed by atoms with Crippen LogP contribution in [0.2, 0.25) is 0 Å². The largest absolute Gasteiger partial charge is 0.494 e. The molecule has 2 fully saturated rings. The van der Waals surface area contributed by atoms with Crippen molar-refractivity contribution >= 4 is 28.9 Å². The maximum absolute atomic E-state index is 13.0. The summed E-state index contributed by atoms with van der Waals surface area (Å²) in [5, 5.41) is 3.30. The van der Waals surface area contributed by atoms with Crippen molar-refractivity contribution in [3.05, 3.63) is 48.0 Å². The summed E-state index contributed by atoms with van der Waals surface area (Å²) in [6.45, 7) is 1.44. The van der Waals surface area contributed by atoms with Crippen LogP contribution < -0.4 is 20.7 Å². The normalized spacial score (nSPS) is 19.2. The van der Waals surface area contributed by atoms with Gasteiger partial charge in [-0.1, -0.05) is 12.1 Å². The number of amides is 2. The molecule has 35 heavy (non-hydrogen) atoms. The van der Waals surface area contributed by atoms with Crippen LogP contribution in [0.25, 0.3) is 0 Å². The van der Waals surface area contributed by atoms with Crippen molar-refractivity contribution < 1.29 is 27.5 Å². The van der Waals surface area contributed by atoms with E-state index in [1.54, 1.807) is 12.0 Å². The molecule has 2 aromatic carbocycles. The highest BCUT2D eigenvalue weighted by atomic mass is 19.4. The number of methoxy groups -OCH3 is 1. The molecule has 2 saturated heterocycles. The quantitative estimate of drug-likeness (QED) is 0.612. The Labute approximate surface area is 202 Å². The lowest BCUT2D eigenvalue weighted by molar-refractivity contribution is -0.179. The third-order valence-electron chi connectivity index (χ3n) is 6.73. The van der Waals surface area contributed by atoms with Gasteiger partial charge in [-0.25, -0.2) is 0 Å². The maximum Gasteiger partial charge on any atom is 0.391 e. The number of anilines is 3. The number of hydrogen-bond acceptors (Lipinski definition) is 5. The van der Waals surface area contributed by atoms with Gasteiger partial charge in [-0.15, -0.1) is 0 Å². The van der Waals surface area contributed by atoms with Crippen LogP contribution in [-0.2, 0) is 16.1 Å². The van der Waals surface area contributed by atoms with E-state index in [4.69, 9.17) is 10.5 Å². The average molecular weight is 491 g/mol. The molecule has 2 aromatic rings. The molecule has 0 bridgehead atoms. The van der Waals surface area contributed by atoms with Gasteiger partial charge in [0.05, 0.1) is 24.6 Å². The molecule has 2 aliphatic heterocycles. The Morgan fingerprint density at radius 2 is 1.83 bits per heavy atom. The smallest absolute Gasteiger partial charge is 0.391 e. The van der Waals surface area contributed by atoms with E-state index >= 15 is 0 Å². The highest BCUT2D eigenvalue weighted by Crippen LogP contribution is 2.37. The highest BCUT2D eigenvalue weighted by Gasteiger charge is 2.41. The first-order valence-electron chi connectivity index (χ1n) is 11.6. The van der Waals surface area contributed by atoms with Gasteiger partial charge in [-0.05, 0) is 42.7 Å². The van der Waals surface area contributed by atoms with Gasteiger partial charge in [-0.3, -0.25) is 9.59 Å². The summed E-state index contributed by atoms with van der Waals surface area (Å²) in [6.07, 6.45) is -3.80. The minimum atomic E-state index is -4.14. The minimum Gasteiger partial charge on any atom is -0.494 e. The molecule has 1 atom stereocenters. The van der Waals surface area contributed by atoms with Crippen LogP contribution in [0.15, 0.2) is 42.5 Å². The van der Waals surface area contributed by atoms with Crippen LogP contribution in [0.1, 0.15) is 24.8 Å². The topological polar surface area (TPSA) is 87.9 Å². The number of alkyl halides is 3. The van der Waals surface area contributed by atoms with Crippen LogP contribution in [0, 0.1) is 11.8 Å². The predicted molar refractivity (Wildman–Crippen MR) is 126 cm³/mol. The summed E-state index contributed by atoms with van der Waals surface area (Å²) in [6, 6.07) is 13.1. The van der Waals surface area contributed by atoms with E-state index in [1.807, 2.05) is 47.4 Å². The van der Waals surface area contributed by atoms with Crippen LogP contribution in [-0.4, -0.2) is 49.6 Å². The molecular formula is C25H29F3N4O3. The maximum atomic E-state index is 13.0. The molecule has 0 radical (unpaired) electrons. The average Bonchev–Trinajstić information content (AvgIpc) is 3.20. The number of nitrogens with zero attached hydrogens (tertiary/aromatic N) is 2. The number of hydrogen-bond donors (Lipinski definition) is 2. The predicted octanol–water partition coefficient (Wildman–Crippen LogP) is 4.05. The Morgan fingerprint density at radius 1 is 1.14 bits per heavy atom. The zero-order chi connectivity index (χ0) is 25.2. The first-order valence-corrected chi connectivity index (χ1v) is 11.6. The second-order valence-electron chi connectivity index (χ2n) is 9.09. The molecular weight excluding hydrogens is 461 g/mol. The third kappa shape index (κ3) is 5.80. The van der Waals surface area contributed by atoms with Gasteiger partial charge in [0, 0.05) is 50.0 Å². The number of primary amides is 1. The Balaban J connectivity index is 1.38. The molecule has 2 aliphatic rings. The van der Waals surface area contributed by atoms with E-state index in [2.05, 4.69) is 5.32 Å². The van der Waals surface area contributed by atoms with Crippen molar-refractivity contribution in [1.29, 1.82) is 0 Å². The van der Waals surface area contributed by atoms with Crippen LogP contribution in [0.5, 0.6) is 5.75 Å². The zero-order valence-electron chi connectivity index (χ0n) is 19.5. The fourth-order valence-electron chi connectivity index (χ4n) is 4.63. The lowest BCUT2D eigenvalue weighted by atomic mass is 9.96. The molecule has 3 N–H and O–H groups in total. The summed E-state index contributed by atoms with van der Waals surface area (Å²) in [5.74, 6) is -1.62. The van der Waals surface area contributed by atoms with Crippen LogP contribution in [0.4, 0.5) is 30.2 Å². The SMILES string of the molecule is COc1cc(N2CCC(C(F)(F)F)CC2)ccc1Nc1ccc(CN2CC(C(N)=O)CC2=O)cc1. The number of likely N-dealkylation sites (tertiary alicyclic amines) is 1. The second-order valence-corrected chi connectivity index (χ2v) is 9.09. The van der Waals surface area contributed by atoms with Crippen molar-refractivity contribution in [2.24, 2.45) is 17.6 Å². The molecule has 10 heteroatoms. The number of halogens is 3. The number of benzene rings is 2. The number of ether oxygens (including phenoxy) is 1. The van der Waals surface area contributed by atoms with E-state index in [9.17, 15) is 22.8 Å². The van der Waals surface area contributed by atoms with Crippen LogP contribution >= 0.6 is 0 Å². The van der Waals surface area contributed by atoms with Crippen molar-refractivity contribution in [2.75, 3.05) is 37.0 Å². The summed E-state index contributed by atoms with van der Waals surface area (Å²) >= 11 is 0. The molecule has 2 heterocycles. The number of nitrogens with two attached hydrogens (primary N) is 1. The van der Waals surface area contributed by atoms with Gasteiger partial charge in [0.1, 0.15) is 5.75 Å². The monoisotopic (exact) mass is 490 g/mol. The van der Waals surface area contributed by atoms with E-state index in [1.165, 1.54) is 0 Å². The molecule has 7 nitrogen and oxygen atoms in total. The van der Waals surface area contributed by atoms with Gasteiger partial charge in [0.25, 0.3) is 0 Å². The summed E-state index contributed by atoms with van der Waals surface area (Å²) in [4.78, 5) is 27.1. The minimum absolute atomic E-state index is 0.0801. The third-order valence-corrected chi connectivity index (χ3v) is 6.73. The number of piperidine rings is 1. The Kier molecular flexibility index (Phi) is 7.09. The van der Waals surface area contributed by atoms with Crippen molar-refractivity contribution in [1.82, 2.24) is 4.90 Å². The van der Waals surface area contributed by atoms with E-state index < -0.39 is 23.9 Å². The van der Waals surface area contributed by atoms with E-state index in [-0.39, 0.29) is 25.2 Å². The van der Waals surface area contributed by atoms with E-state index in [0.717, 1.165) is 22.6 Å². The Hall–Kier alpha value is -3.43. The number of carbonyl (C=O) groups is 2. The Bertz CT molecular complexity index is 1070. The van der Waals surface area contributed by atoms with Gasteiger partial charge in [-0.2, -0.15) is 13.2 Å². The molecule has 188 valence electrons. The number of carbonyl (C=O) groups excluding carboxylic acids is 2. The number of rotatable bonds is 7. The highest BCUT2D eigenvalue weighted by molar-refractivity contribution is 5.88. The fraction of sp³-hybridized carbons (Fsp3) is 0.440. The van der Waals surface area contributed by atoms with Gasteiger partial charge in [0.2, 0.25) is 11.8 Å². The molecule has 2 amide bonds. The molecule has 0 saturated carbocycles. The van der Waals surface area contributed by atoms with Gasteiger partial charge < -0.3 is 25.6 Å².